The van der Waals surface area contributed by atoms with E-state index in [1.165, 1.54) is 7.11 Å². The molecule has 0 N–H and O–H groups in total. The number of fused-ring (bicyclic) bond motifs is 2. The Morgan fingerprint density at radius 2 is 2.04 bits per heavy atom. The van der Waals surface area contributed by atoms with Crippen molar-refractivity contribution in [2.45, 2.75) is 19.4 Å². The van der Waals surface area contributed by atoms with E-state index in [9.17, 15) is 9.59 Å². The molecule has 0 spiro atoms. The molecule has 1 aliphatic rings. The van der Waals surface area contributed by atoms with Crippen LogP contribution in [-0.4, -0.2) is 19.1 Å². The quantitative estimate of drug-likeness (QED) is 0.591. The second-order valence-corrected chi connectivity index (χ2v) is 7.25. The van der Waals surface area contributed by atoms with Gasteiger partial charge in [-0.2, -0.15) is 0 Å². The van der Waals surface area contributed by atoms with Gasteiger partial charge in [0.1, 0.15) is 5.56 Å². The van der Waals surface area contributed by atoms with Crippen LogP contribution in [0, 0.1) is 0 Å². The number of anilines is 1. The molecule has 2 heterocycles. The summed E-state index contributed by atoms with van der Waals surface area (Å²) in [4.78, 5) is 27.3. The molecule has 4 rings (SSSR count). The molecule has 26 heavy (non-hydrogen) atoms. The highest BCUT2D eigenvalue weighted by Crippen LogP contribution is 2.34. The van der Waals surface area contributed by atoms with Crippen molar-refractivity contribution in [2.24, 2.45) is 0 Å². The summed E-state index contributed by atoms with van der Waals surface area (Å²) >= 11 is 3.41. The molecule has 0 saturated carbocycles. The van der Waals surface area contributed by atoms with Crippen LogP contribution >= 0.6 is 15.9 Å². The lowest BCUT2D eigenvalue weighted by Gasteiger charge is -2.22. The fraction of sp³-hybridized carbons (Fsp3) is 0.200. The highest BCUT2D eigenvalue weighted by molar-refractivity contribution is 9.10. The van der Waals surface area contributed by atoms with Crippen LogP contribution in [-0.2, 0) is 6.42 Å². The summed E-state index contributed by atoms with van der Waals surface area (Å²) in [6.45, 7) is 1.97. The van der Waals surface area contributed by atoms with Gasteiger partial charge in [0.2, 0.25) is 0 Å². The zero-order valence-corrected chi connectivity index (χ0v) is 15.9. The van der Waals surface area contributed by atoms with E-state index in [2.05, 4.69) is 15.9 Å². The average Bonchev–Trinajstić information content (AvgIpc) is 2.96. The molecule has 6 heteroatoms. The summed E-state index contributed by atoms with van der Waals surface area (Å²) < 4.78 is 11.5. The minimum absolute atomic E-state index is 0.0150. The van der Waals surface area contributed by atoms with E-state index in [4.69, 9.17) is 9.15 Å². The van der Waals surface area contributed by atoms with Crippen molar-refractivity contribution in [1.29, 1.82) is 0 Å². The normalized spacial score (nSPS) is 16.0. The summed E-state index contributed by atoms with van der Waals surface area (Å²) in [6.07, 6.45) is 0.764. The first kappa shape index (κ1) is 16.8. The molecule has 0 unspecified atom stereocenters. The van der Waals surface area contributed by atoms with Crippen molar-refractivity contribution in [2.75, 3.05) is 12.0 Å². The van der Waals surface area contributed by atoms with Gasteiger partial charge in [-0.25, -0.2) is 4.79 Å². The number of benzene rings is 2. The number of hydrogen-bond donors (Lipinski definition) is 0. The Kier molecular flexibility index (Phi) is 4.07. The molecule has 2 aromatic carbocycles. The van der Waals surface area contributed by atoms with Crippen molar-refractivity contribution in [3.8, 4) is 5.75 Å². The fourth-order valence-electron chi connectivity index (χ4n) is 3.47. The summed E-state index contributed by atoms with van der Waals surface area (Å²) in [5.74, 6) is 0.0856. The highest BCUT2D eigenvalue weighted by Gasteiger charge is 2.33. The van der Waals surface area contributed by atoms with Gasteiger partial charge in [-0.3, -0.25) is 4.79 Å². The zero-order chi connectivity index (χ0) is 18.4. The summed E-state index contributed by atoms with van der Waals surface area (Å²) in [7, 11) is 1.50. The predicted octanol–water partition coefficient (Wildman–Crippen LogP) is 4.16. The van der Waals surface area contributed by atoms with Crippen molar-refractivity contribution in [3.05, 3.63) is 68.5 Å². The number of para-hydroxylation sites is 1. The molecule has 132 valence electrons. The minimum atomic E-state index is -0.667. The van der Waals surface area contributed by atoms with E-state index in [0.29, 0.717) is 16.7 Å². The van der Waals surface area contributed by atoms with Crippen LogP contribution < -0.4 is 15.3 Å². The van der Waals surface area contributed by atoms with E-state index in [1.807, 2.05) is 31.2 Å². The maximum absolute atomic E-state index is 13.1. The van der Waals surface area contributed by atoms with Crippen LogP contribution in [0.5, 0.6) is 5.75 Å². The van der Waals surface area contributed by atoms with Crippen LogP contribution in [0.25, 0.3) is 11.0 Å². The van der Waals surface area contributed by atoms with E-state index in [1.54, 1.807) is 23.1 Å². The Morgan fingerprint density at radius 1 is 1.27 bits per heavy atom. The van der Waals surface area contributed by atoms with Crippen molar-refractivity contribution >= 4 is 38.5 Å². The Balaban J connectivity index is 1.86. The number of carbonyl (C=O) groups is 1. The van der Waals surface area contributed by atoms with Crippen LogP contribution in [0.3, 0.4) is 0 Å². The largest absolute Gasteiger partial charge is 0.493 e. The zero-order valence-electron chi connectivity index (χ0n) is 14.3. The Bertz CT molecular complexity index is 1090. The smallest absolute Gasteiger partial charge is 0.349 e. The summed E-state index contributed by atoms with van der Waals surface area (Å²) in [5.41, 5.74) is 1.62. The molecule has 1 amide bonds. The first-order valence-electron chi connectivity index (χ1n) is 8.22. The lowest BCUT2D eigenvalue weighted by molar-refractivity contribution is 0.0978. The van der Waals surface area contributed by atoms with Crippen molar-refractivity contribution in [1.82, 2.24) is 0 Å². The number of ether oxygens (including phenoxy) is 1. The number of carbonyl (C=O) groups excluding carboxylic acids is 1. The van der Waals surface area contributed by atoms with Gasteiger partial charge < -0.3 is 14.1 Å². The number of amides is 1. The first-order chi connectivity index (χ1) is 12.5. The molecule has 1 atom stereocenters. The monoisotopic (exact) mass is 413 g/mol. The molecule has 0 aliphatic carbocycles. The summed E-state index contributed by atoms with van der Waals surface area (Å²) in [5, 5.41) is 0.624. The average molecular weight is 414 g/mol. The van der Waals surface area contributed by atoms with Gasteiger partial charge >= 0.3 is 5.63 Å². The van der Waals surface area contributed by atoms with E-state index >= 15 is 0 Å². The maximum atomic E-state index is 13.1. The SMILES string of the molecule is COc1cc(Br)cc2cc(C(=O)N3c4ccccc4C[C@H]3C)c(=O)oc12. The highest BCUT2D eigenvalue weighted by atomic mass is 79.9. The molecule has 0 radical (unpaired) electrons. The van der Waals surface area contributed by atoms with Gasteiger partial charge in [-0.1, -0.05) is 34.1 Å². The molecule has 1 aliphatic heterocycles. The Labute approximate surface area is 158 Å². The van der Waals surface area contributed by atoms with Crippen LogP contribution in [0.2, 0.25) is 0 Å². The first-order valence-corrected chi connectivity index (χ1v) is 9.01. The topological polar surface area (TPSA) is 59.8 Å². The fourth-order valence-corrected chi connectivity index (χ4v) is 3.93. The van der Waals surface area contributed by atoms with Crippen molar-refractivity contribution < 1.29 is 13.9 Å². The number of rotatable bonds is 2. The molecular weight excluding hydrogens is 398 g/mol. The number of nitrogens with zero attached hydrogens (tertiary/aromatic N) is 1. The second-order valence-electron chi connectivity index (χ2n) is 6.33. The Morgan fingerprint density at radius 3 is 2.81 bits per heavy atom. The van der Waals surface area contributed by atoms with Crippen LogP contribution in [0.15, 0.2) is 56.1 Å². The molecule has 0 bridgehead atoms. The number of halogens is 1. The van der Waals surface area contributed by atoms with Crippen molar-refractivity contribution in [3.63, 3.8) is 0 Å². The van der Waals surface area contributed by atoms with Crippen LogP contribution in [0.1, 0.15) is 22.8 Å². The van der Waals surface area contributed by atoms with E-state index in [-0.39, 0.29) is 17.5 Å². The van der Waals surface area contributed by atoms with E-state index in [0.717, 1.165) is 22.1 Å². The maximum Gasteiger partial charge on any atom is 0.349 e. The van der Waals surface area contributed by atoms with Gasteiger partial charge in [0.25, 0.3) is 5.91 Å². The van der Waals surface area contributed by atoms with Gasteiger partial charge in [-0.05, 0) is 43.2 Å². The van der Waals surface area contributed by atoms with E-state index < -0.39 is 5.63 Å². The minimum Gasteiger partial charge on any atom is -0.493 e. The van der Waals surface area contributed by atoms with Crippen LogP contribution in [0.4, 0.5) is 5.69 Å². The lowest BCUT2D eigenvalue weighted by Crippen LogP contribution is -2.38. The summed E-state index contributed by atoms with van der Waals surface area (Å²) in [6, 6.07) is 12.8. The molecule has 0 fully saturated rings. The Hall–Kier alpha value is -2.60. The third kappa shape index (κ3) is 2.61. The molecule has 5 nitrogen and oxygen atoms in total. The van der Waals surface area contributed by atoms with Gasteiger partial charge in [0.05, 0.1) is 7.11 Å². The molecule has 3 aromatic rings. The number of hydrogen-bond acceptors (Lipinski definition) is 4. The second kappa shape index (κ2) is 6.29. The molecular formula is C20H16BrNO4. The number of methoxy groups -OCH3 is 1. The molecule has 0 saturated heterocycles. The lowest BCUT2D eigenvalue weighted by atomic mass is 10.1. The van der Waals surface area contributed by atoms with Gasteiger partial charge in [-0.15, -0.1) is 0 Å². The standard InChI is InChI=1S/C20H16BrNO4/c1-11-7-12-5-3-4-6-16(12)22(11)19(23)15-9-13-8-14(21)10-17(25-2)18(13)26-20(15)24/h3-6,8-11H,7H2,1-2H3/t11-/m1/s1. The third-order valence-electron chi connectivity index (χ3n) is 4.64. The van der Waals surface area contributed by atoms with Gasteiger partial charge in [0, 0.05) is 21.6 Å². The molecule has 1 aromatic heterocycles. The predicted molar refractivity (Wildman–Crippen MR) is 103 cm³/mol. The third-order valence-corrected chi connectivity index (χ3v) is 5.10. The van der Waals surface area contributed by atoms with Gasteiger partial charge in [0.15, 0.2) is 11.3 Å².